The van der Waals surface area contributed by atoms with Gasteiger partial charge in [-0.3, -0.25) is 4.79 Å². The van der Waals surface area contributed by atoms with Crippen LogP contribution in [-0.2, 0) is 4.79 Å². The molecule has 1 aliphatic carbocycles. The smallest absolute Gasteiger partial charge is 0.269 e. The molecule has 0 spiro atoms. The summed E-state index contributed by atoms with van der Waals surface area (Å²) < 4.78 is 0. The van der Waals surface area contributed by atoms with E-state index in [1.165, 1.54) is 25.0 Å². The summed E-state index contributed by atoms with van der Waals surface area (Å²) in [5.74, 6) is 0.00724. The van der Waals surface area contributed by atoms with E-state index in [0.29, 0.717) is 0 Å². The van der Waals surface area contributed by atoms with E-state index in [0.717, 1.165) is 38.5 Å². The molecule has 118 valence electrons. The van der Waals surface area contributed by atoms with Gasteiger partial charge in [-0.1, -0.05) is 6.92 Å². The Morgan fingerprint density at radius 2 is 1.86 bits per heavy atom. The molecule has 6 nitrogen and oxygen atoms in total. The third-order valence-electron chi connectivity index (χ3n) is 4.35. The van der Waals surface area contributed by atoms with Crippen LogP contribution in [0.1, 0.15) is 32.6 Å². The van der Waals surface area contributed by atoms with Crippen LogP contribution in [0.25, 0.3) is 0 Å². The van der Waals surface area contributed by atoms with Crippen LogP contribution in [0.4, 0.5) is 0 Å². The highest BCUT2D eigenvalue weighted by atomic mass is 16.2. The first-order valence-electron chi connectivity index (χ1n) is 7.61. The fourth-order valence-electron chi connectivity index (χ4n) is 2.54. The van der Waals surface area contributed by atoms with E-state index in [-0.39, 0.29) is 22.8 Å². The second-order valence-corrected chi connectivity index (χ2v) is 6.55. The molecule has 0 aromatic carbocycles. The average molecular weight is 293 g/mol. The van der Waals surface area contributed by atoms with Gasteiger partial charge in [-0.05, 0) is 43.3 Å². The Labute approximate surface area is 126 Å². The van der Waals surface area contributed by atoms with Crippen LogP contribution >= 0.6 is 0 Å². The van der Waals surface area contributed by atoms with Gasteiger partial charge in [-0.25, -0.2) is 0 Å². The van der Waals surface area contributed by atoms with Crippen LogP contribution in [0, 0.1) is 5.41 Å². The van der Waals surface area contributed by atoms with Gasteiger partial charge in [0, 0.05) is 25.7 Å². The molecular formula is C15H27N5O. The number of nitrogens with two attached hydrogens (primary N) is 3. The number of nitrogens with zero attached hydrogens (tertiary/aromatic N) is 1. The van der Waals surface area contributed by atoms with E-state index in [1.807, 2.05) is 4.90 Å². The fraction of sp³-hybridized carbons (Fsp3) is 0.667. The third kappa shape index (κ3) is 4.67. The Morgan fingerprint density at radius 3 is 2.38 bits per heavy atom. The van der Waals surface area contributed by atoms with E-state index in [2.05, 4.69) is 12.2 Å². The van der Waals surface area contributed by atoms with Gasteiger partial charge in [-0.15, -0.1) is 0 Å². The first-order chi connectivity index (χ1) is 9.89. The Morgan fingerprint density at radius 1 is 1.24 bits per heavy atom. The molecule has 1 amide bonds. The molecule has 7 N–H and O–H groups in total. The maximum atomic E-state index is 12.2. The number of rotatable bonds is 5. The SMILES string of the molecule is CC1(CNC2CC2)CCN(C(=O)/C(N)=C/C=C(N)N)CC1. The number of hydrogen-bond donors (Lipinski definition) is 4. The fourth-order valence-corrected chi connectivity index (χ4v) is 2.54. The highest BCUT2D eigenvalue weighted by molar-refractivity contribution is 5.92. The molecule has 0 unspecified atom stereocenters. The van der Waals surface area contributed by atoms with Crippen molar-refractivity contribution in [2.24, 2.45) is 22.6 Å². The van der Waals surface area contributed by atoms with Gasteiger partial charge < -0.3 is 27.4 Å². The Kier molecular flexibility index (Phi) is 4.77. The summed E-state index contributed by atoms with van der Waals surface area (Å²) in [6, 6.07) is 0.730. The molecule has 0 radical (unpaired) electrons. The van der Waals surface area contributed by atoms with Gasteiger partial charge in [0.1, 0.15) is 0 Å². The molecule has 0 bridgehead atoms. The molecule has 21 heavy (non-hydrogen) atoms. The molecule has 2 aliphatic rings. The Balaban J connectivity index is 1.83. The summed E-state index contributed by atoms with van der Waals surface area (Å²) in [6.07, 6.45) is 7.53. The number of carbonyl (C=O) groups is 1. The van der Waals surface area contributed by atoms with Crippen LogP contribution in [0.3, 0.4) is 0 Å². The van der Waals surface area contributed by atoms with Crippen molar-refractivity contribution in [3.63, 3.8) is 0 Å². The lowest BCUT2D eigenvalue weighted by atomic mass is 9.80. The van der Waals surface area contributed by atoms with Crippen molar-refractivity contribution < 1.29 is 4.79 Å². The van der Waals surface area contributed by atoms with Crippen molar-refractivity contribution in [3.8, 4) is 0 Å². The molecule has 1 aliphatic heterocycles. The summed E-state index contributed by atoms with van der Waals surface area (Å²) in [4.78, 5) is 14.0. The predicted octanol–water partition coefficient (Wildman–Crippen LogP) is -0.0315. The largest absolute Gasteiger partial charge is 0.394 e. The topological polar surface area (TPSA) is 110 Å². The third-order valence-corrected chi connectivity index (χ3v) is 4.35. The molecular weight excluding hydrogens is 266 g/mol. The number of piperidine rings is 1. The van der Waals surface area contributed by atoms with Crippen LogP contribution < -0.4 is 22.5 Å². The standard InChI is InChI=1S/C15H27N5O/c1-15(10-19-11-2-3-11)6-8-20(9-7-15)14(21)12(16)4-5-13(17)18/h4-5,11,19H,2-3,6-10,16-18H2,1H3/b12-4-. The quantitative estimate of drug-likeness (QED) is 0.420. The van der Waals surface area contributed by atoms with E-state index >= 15 is 0 Å². The minimum atomic E-state index is -0.135. The second kappa shape index (κ2) is 6.39. The summed E-state index contributed by atoms with van der Waals surface area (Å²) >= 11 is 0. The minimum Gasteiger partial charge on any atom is -0.394 e. The lowest BCUT2D eigenvalue weighted by molar-refractivity contribution is -0.129. The molecule has 1 saturated carbocycles. The molecule has 0 aromatic rings. The lowest BCUT2D eigenvalue weighted by Gasteiger charge is -2.39. The monoisotopic (exact) mass is 293 g/mol. The van der Waals surface area contributed by atoms with Crippen molar-refractivity contribution in [2.75, 3.05) is 19.6 Å². The van der Waals surface area contributed by atoms with Crippen molar-refractivity contribution in [1.29, 1.82) is 0 Å². The molecule has 2 rings (SSSR count). The van der Waals surface area contributed by atoms with Crippen molar-refractivity contribution in [3.05, 3.63) is 23.7 Å². The van der Waals surface area contributed by atoms with Gasteiger partial charge in [0.2, 0.25) is 0 Å². The summed E-state index contributed by atoms with van der Waals surface area (Å²) in [6.45, 7) is 4.83. The van der Waals surface area contributed by atoms with Crippen LogP contribution in [-0.4, -0.2) is 36.5 Å². The van der Waals surface area contributed by atoms with Crippen molar-refractivity contribution >= 4 is 5.91 Å². The molecule has 1 saturated heterocycles. The van der Waals surface area contributed by atoms with Gasteiger partial charge in [0.05, 0.1) is 11.5 Å². The van der Waals surface area contributed by atoms with Crippen molar-refractivity contribution in [1.82, 2.24) is 10.2 Å². The first-order valence-corrected chi connectivity index (χ1v) is 7.61. The zero-order valence-corrected chi connectivity index (χ0v) is 12.8. The Bertz CT molecular complexity index is 441. The van der Waals surface area contributed by atoms with Gasteiger partial charge in [0.25, 0.3) is 5.91 Å². The van der Waals surface area contributed by atoms with Crippen LogP contribution in [0.2, 0.25) is 0 Å². The van der Waals surface area contributed by atoms with E-state index in [1.54, 1.807) is 0 Å². The van der Waals surface area contributed by atoms with Gasteiger partial charge in [0.15, 0.2) is 0 Å². The van der Waals surface area contributed by atoms with Crippen LogP contribution in [0.5, 0.6) is 0 Å². The number of hydrogen-bond acceptors (Lipinski definition) is 5. The maximum Gasteiger partial charge on any atom is 0.269 e. The van der Waals surface area contributed by atoms with E-state index in [9.17, 15) is 4.79 Å². The molecule has 6 heteroatoms. The van der Waals surface area contributed by atoms with Gasteiger partial charge >= 0.3 is 0 Å². The normalized spacial score (nSPS) is 22.0. The highest BCUT2D eigenvalue weighted by Crippen LogP contribution is 2.31. The average Bonchev–Trinajstić information content (AvgIpc) is 3.27. The molecule has 1 heterocycles. The predicted molar refractivity (Wildman–Crippen MR) is 83.7 cm³/mol. The number of nitrogens with one attached hydrogen (secondary N) is 1. The number of amides is 1. The summed E-state index contributed by atoms with van der Waals surface area (Å²) in [5, 5.41) is 3.59. The summed E-state index contributed by atoms with van der Waals surface area (Å²) in [5.41, 5.74) is 16.9. The first kappa shape index (κ1) is 15.7. The number of allylic oxidation sites excluding steroid dienone is 2. The minimum absolute atomic E-state index is 0.135. The summed E-state index contributed by atoms with van der Waals surface area (Å²) in [7, 11) is 0. The zero-order chi connectivity index (χ0) is 15.5. The second-order valence-electron chi connectivity index (χ2n) is 6.55. The van der Waals surface area contributed by atoms with Gasteiger partial charge in [-0.2, -0.15) is 0 Å². The Hall–Kier alpha value is -1.69. The van der Waals surface area contributed by atoms with E-state index < -0.39 is 0 Å². The molecule has 0 aromatic heterocycles. The number of carbonyl (C=O) groups excluding carboxylic acids is 1. The van der Waals surface area contributed by atoms with Crippen molar-refractivity contribution in [2.45, 2.75) is 38.6 Å². The number of likely N-dealkylation sites (tertiary alicyclic amines) is 1. The maximum absolute atomic E-state index is 12.2. The molecule has 0 atom stereocenters. The highest BCUT2D eigenvalue weighted by Gasteiger charge is 2.33. The molecule has 2 fully saturated rings. The van der Waals surface area contributed by atoms with Crippen LogP contribution in [0.15, 0.2) is 23.7 Å². The lowest BCUT2D eigenvalue weighted by Crippen LogP contribution is -2.47. The zero-order valence-electron chi connectivity index (χ0n) is 12.8. The van der Waals surface area contributed by atoms with E-state index in [4.69, 9.17) is 17.2 Å².